The highest BCUT2D eigenvalue weighted by Crippen LogP contribution is 2.35. The molecule has 5 aromatic rings. The first-order chi connectivity index (χ1) is 23.2. The predicted molar refractivity (Wildman–Crippen MR) is 171 cm³/mol. The number of halogens is 3. The zero-order valence-corrected chi connectivity index (χ0v) is 26.4. The van der Waals surface area contributed by atoms with Crippen molar-refractivity contribution in [3.8, 4) is 11.4 Å². The topological polar surface area (TPSA) is 137 Å². The van der Waals surface area contributed by atoms with Gasteiger partial charge < -0.3 is 15.0 Å². The first-order valence-electron chi connectivity index (χ1n) is 14.8. The summed E-state index contributed by atoms with van der Waals surface area (Å²) in [4.78, 5) is 41.6. The monoisotopic (exact) mass is 672 g/mol. The van der Waals surface area contributed by atoms with Crippen molar-refractivity contribution in [1.82, 2.24) is 34.9 Å². The highest BCUT2D eigenvalue weighted by molar-refractivity contribution is 6.31. The Hall–Kier alpha value is -5.76. The summed E-state index contributed by atoms with van der Waals surface area (Å²) in [5.41, 5.74) is 3.16. The molecule has 2 aromatic heterocycles. The Morgan fingerprint density at radius 2 is 1.88 bits per heavy atom. The Bertz CT molecular complexity index is 2050. The number of rotatable bonds is 8. The van der Waals surface area contributed by atoms with Crippen molar-refractivity contribution in [2.75, 3.05) is 18.5 Å². The van der Waals surface area contributed by atoms with Crippen molar-refractivity contribution in [1.29, 1.82) is 0 Å². The molecule has 3 heterocycles. The van der Waals surface area contributed by atoms with Gasteiger partial charge >= 0.3 is 5.97 Å². The summed E-state index contributed by atoms with van der Waals surface area (Å²) in [7, 11) is 0. The molecule has 1 N–H and O–H groups in total. The molecule has 1 unspecified atom stereocenters. The van der Waals surface area contributed by atoms with E-state index in [0.717, 1.165) is 11.6 Å². The molecule has 0 aliphatic carbocycles. The number of anilines is 1. The van der Waals surface area contributed by atoms with Gasteiger partial charge in [-0.05, 0) is 96.4 Å². The summed E-state index contributed by atoms with van der Waals surface area (Å²) in [6.07, 6.45) is 4.00. The van der Waals surface area contributed by atoms with Crippen molar-refractivity contribution in [3.05, 3.63) is 118 Å². The Morgan fingerprint density at radius 3 is 2.60 bits per heavy atom. The minimum Gasteiger partial charge on any atom is -0.461 e. The molecule has 0 saturated carbocycles. The fraction of sp³-hybridized carbons (Fsp3) is 0.182. The van der Waals surface area contributed by atoms with E-state index in [-0.39, 0.29) is 35.1 Å². The maximum absolute atomic E-state index is 15.2. The predicted octanol–water partition coefficient (Wildman–Crippen LogP) is 5.04. The maximum Gasteiger partial charge on any atom is 0.358 e. The lowest BCUT2D eigenvalue weighted by molar-refractivity contribution is -0.135. The number of hydrogen-bond donors (Lipinski definition) is 1. The third kappa shape index (κ3) is 6.29. The lowest BCUT2D eigenvalue weighted by atomic mass is 9.90. The van der Waals surface area contributed by atoms with E-state index in [1.165, 1.54) is 58.4 Å². The average molecular weight is 673 g/mol. The van der Waals surface area contributed by atoms with E-state index >= 15 is 4.39 Å². The quantitative estimate of drug-likeness (QED) is 0.179. The summed E-state index contributed by atoms with van der Waals surface area (Å²) in [6, 6.07) is 13.8. The molecule has 6 rings (SSSR count). The van der Waals surface area contributed by atoms with Crippen molar-refractivity contribution in [2.45, 2.75) is 26.3 Å². The molecule has 1 atom stereocenters. The van der Waals surface area contributed by atoms with Gasteiger partial charge in [-0.3, -0.25) is 9.59 Å². The molecule has 0 radical (unpaired) electrons. The number of esters is 1. The number of aryl methyl sites for hydroxylation is 1. The van der Waals surface area contributed by atoms with Gasteiger partial charge in [-0.25, -0.2) is 18.3 Å². The van der Waals surface area contributed by atoms with Crippen LogP contribution in [0.4, 0.5) is 14.5 Å². The highest BCUT2D eigenvalue weighted by Gasteiger charge is 2.37. The molecule has 12 nitrogen and oxygen atoms in total. The van der Waals surface area contributed by atoms with Crippen LogP contribution in [-0.2, 0) is 20.7 Å². The molecular weight excluding hydrogens is 646 g/mol. The van der Waals surface area contributed by atoms with Crippen LogP contribution in [0.2, 0.25) is 5.02 Å². The van der Waals surface area contributed by atoms with Gasteiger partial charge in [0.15, 0.2) is 11.5 Å². The number of carbonyl (C=O) groups is 3. The smallest absolute Gasteiger partial charge is 0.358 e. The highest BCUT2D eigenvalue weighted by atomic mass is 35.5. The zero-order chi connectivity index (χ0) is 33.9. The van der Waals surface area contributed by atoms with E-state index in [1.807, 2.05) is 6.07 Å². The van der Waals surface area contributed by atoms with Crippen LogP contribution >= 0.6 is 11.6 Å². The van der Waals surface area contributed by atoms with Gasteiger partial charge in [0.1, 0.15) is 18.2 Å². The van der Waals surface area contributed by atoms with Crippen molar-refractivity contribution in [2.24, 2.45) is 0 Å². The second-order valence-corrected chi connectivity index (χ2v) is 11.1. The number of ether oxygens (including phenoxy) is 1. The molecule has 48 heavy (non-hydrogen) atoms. The van der Waals surface area contributed by atoms with Crippen LogP contribution in [0.1, 0.15) is 45.8 Å². The fourth-order valence-corrected chi connectivity index (χ4v) is 5.74. The molecule has 244 valence electrons. The fourth-order valence-electron chi connectivity index (χ4n) is 5.57. The largest absolute Gasteiger partial charge is 0.461 e. The van der Waals surface area contributed by atoms with Gasteiger partial charge in [-0.15, -0.1) is 5.10 Å². The average Bonchev–Trinajstić information content (AvgIpc) is 3.76. The Kier molecular flexibility index (Phi) is 9.08. The van der Waals surface area contributed by atoms with Crippen molar-refractivity contribution < 1.29 is 27.9 Å². The molecule has 1 aliphatic rings. The first-order valence-corrected chi connectivity index (χ1v) is 15.2. The van der Waals surface area contributed by atoms with E-state index in [2.05, 4.69) is 25.9 Å². The normalized spacial score (nSPS) is 14.2. The molecule has 3 aromatic carbocycles. The van der Waals surface area contributed by atoms with E-state index < -0.39 is 35.5 Å². The molecule has 2 amide bonds. The van der Waals surface area contributed by atoms with Crippen LogP contribution in [-0.4, -0.2) is 65.8 Å². The number of amides is 2. The molecular formula is C33H27ClF2N8O4. The zero-order valence-electron chi connectivity index (χ0n) is 25.6. The number of carbonyl (C=O) groups excluding carboxylic acids is 3. The van der Waals surface area contributed by atoms with Gasteiger partial charge in [0.25, 0.3) is 5.91 Å². The van der Waals surface area contributed by atoms with Gasteiger partial charge in [-0.1, -0.05) is 23.7 Å². The number of aromatic nitrogens is 6. The van der Waals surface area contributed by atoms with Crippen LogP contribution in [0.3, 0.4) is 0 Å². The standard InChI is InChI=1S/C33H27ClF2N8O4/c1-3-48-33(47)26-17-19(2)44(39-26)28-6-4-5-23-22(28)15-16-42(31(23)32(46)38-21-9-7-20(35)8-10-21)29(45)14-11-24-27(43-18-37-40-41-43)13-12-25(34)30(24)36/h4-14,17-18,31H,3,15-16H2,1-2H3,(H,38,46). The molecule has 0 bridgehead atoms. The lowest BCUT2D eigenvalue weighted by Crippen LogP contribution is -2.45. The lowest BCUT2D eigenvalue weighted by Gasteiger charge is -2.36. The Balaban J connectivity index is 1.39. The van der Waals surface area contributed by atoms with Crippen molar-refractivity contribution >= 4 is 41.1 Å². The van der Waals surface area contributed by atoms with Crippen LogP contribution < -0.4 is 5.32 Å². The van der Waals surface area contributed by atoms with E-state index in [4.69, 9.17) is 16.3 Å². The first kappa shape index (κ1) is 32.2. The van der Waals surface area contributed by atoms with Crippen LogP contribution in [0.5, 0.6) is 0 Å². The van der Waals surface area contributed by atoms with Crippen LogP contribution in [0, 0.1) is 18.6 Å². The number of benzene rings is 3. The third-order valence-corrected chi connectivity index (χ3v) is 8.03. The third-order valence-electron chi connectivity index (χ3n) is 7.74. The molecule has 15 heteroatoms. The van der Waals surface area contributed by atoms with Gasteiger partial charge in [0.05, 0.1) is 23.0 Å². The van der Waals surface area contributed by atoms with E-state index in [1.54, 1.807) is 36.7 Å². The minimum atomic E-state index is -1.15. The molecule has 0 fully saturated rings. The van der Waals surface area contributed by atoms with E-state index in [9.17, 15) is 18.8 Å². The molecule has 1 aliphatic heterocycles. The van der Waals surface area contributed by atoms with E-state index in [0.29, 0.717) is 29.1 Å². The van der Waals surface area contributed by atoms with Crippen LogP contribution in [0.25, 0.3) is 17.5 Å². The summed E-state index contributed by atoms with van der Waals surface area (Å²) in [6.45, 7) is 3.78. The number of tetrazole rings is 1. The van der Waals surface area contributed by atoms with Gasteiger partial charge in [0, 0.05) is 29.6 Å². The number of nitrogens with zero attached hydrogens (tertiary/aromatic N) is 7. The summed E-state index contributed by atoms with van der Waals surface area (Å²) >= 11 is 6.06. The summed E-state index contributed by atoms with van der Waals surface area (Å²) in [5.74, 6) is -2.98. The van der Waals surface area contributed by atoms with Gasteiger partial charge in [0.2, 0.25) is 5.91 Å². The summed E-state index contributed by atoms with van der Waals surface area (Å²) in [5, 5.41) is 18.1. The second-order valence-electron chi connectivity index (χ2n) is 10.7. The number of nitrogens with one attached hydrogen (secondary N) is 1. The SMILES string of the molecule is CCOC(=O)c1cc(C)n(-c2cccc3c2CCN(C(=O)C=Cc2c(-n4cnnn4)ccc(Cl)c2F)C3C(=O)Nc2ccc(F)cc2)n1. The number of fused-ring (bicyclic) bond motifs is 1. The maximum atomic E-state index is 15.2. The molecule has 0 spiro atoms. The van der Waals surface area contributed by atoms with Crippen molar-refractivity contribution in [3.63, 3.8) is 0 Å². The Morgan fingerprint density at radius 1 is 1.08 bits per heavy atom. The molecule has 0 saturated heterocycles. The Labute approximate surface area is 277 Å². The second kappa shape index (κ2) is 13.5. The van der Waals surface area contributed by atoms with Crippen LogP contribution in [0.15, 0.2) is 73.1 Å². The van der Waals surface area contributed by atoms with Gasteiger partial charge in [-0.2, -0.15) is 9.78 Å². The summed E-state index contributed by atoms with van der Waals surface area (Å²) < 4.78 is 36.8. The number of hydrogen-bond acceptors (Lipinski definition) is 8. The minimum absolute atomic E-state index is 0.0401.